The van der Waals surface area contributed by atoms with E-state index in [1.54, 1.807) is 19.1 Å². The first kappa shape index (κ1) is 16.2. The highest BCUT2D eigenvalue weighted by Gasteiger charge is 2.18. The molecule has 0 aliphatic heterocycles. The zero-order valence-corrected chi connectivity index (χ0v) is 12.5. The first-order valence-corrected chi connectivity index (χ1v) is 6.80. The molecule has 0 saturated carbocycles. The summed E-state index contributed by atoms with van der Waals surface area (Å²) in [4.78, 5) is 27.6. The van der Waals surface area contributed by atoms with E-state index in [9.17, 15) is 9.59 Å². The molecule has 0 saturated heterocycles. The fourth-order valence-electron chi connectivity index (χ4n) is 1.50. The van der Waals surface area contributed by atoms with Crippen LogP contribution in [0.4, 0.5) is 5.82 Å². The summed E-state index contributed by atoms with van der Waals surface area (Å²) in [5.41, 5.74) is 0.100. The van der Waals surface area contributed by atoms with E-state index in [1.807, 2.05) is 6.92 Å². The van der Waals surface area contributed by atoms with Gasteiger partial charge in [0.25, 0.3) is 5.91 Å². The van der Waals surface area contributed by atoms with E-state index in [2.05, 4.69) is 20.9 Å². The lowest BCUT2D eigenvalue weighted by Crippen LogP contribution is -2.43. The smallest absolute Gasteiger partial charge is 0.272 e. The maximum atomic E-state index is 12.1. The number of pyridine rings is 1. The maximum Gasteiger partial charge on any atom is 0.272 e. The number of rotatable bonds is 6. The van der Waals surface area contributed by atoms with Gasteiger partial charge >= 0.3 is 0 Å². The van der Waals surface area contributed by atoms with E-state index < -0.39 is 11.9 Å². The van der Waals surface area contributed by atoms with Gasteiger partial charge in [-0.3, -0.25) is 9.59 Å². The Kier molecular flexibility index (Phi) is 6.24. The Hall–Kier alpha value is -1.82. The van der Waals surface area contributed by atoms with Crippen molar-refractivity contribution in [3.8, 4) is 0 Å². The van der Waals surface area contributed by atoms with Crippen LogP contribution >= 0.6 is 11.6 Å². The number of aromatic nitrogens is 1. The van der Waals surface area contributed by atoms with E-state index in [1.165, 1.54) is 7.05 Å². The molecule has 7 heteroatoms. The molecule has 0 aliphatic rings. The summed E-state index contributed by atoms with van der Waals surface area (Å²) in [6, 6.07) is 2.65. The number of hydrogen-bond acceptors (Lipinski definition) is 4. The summed E-state index contributed by atoms with van der Waals surface area (Å²) in [5.74, 6) is -0.185. The van der Waals surface area contributed by atoms with Crippen LogP contribution in [0.2, 0.25) is 5.02 Å². The molecule has 0 radical (unpaired) electrons. The van der Waals surface area contributed by atoms with Crippen molar-refractivity contribution < 1.29 is 9.59 Å². The highest BCUT2D eigenvalue weighted by Crippen LogP contribution is 2.16. The summed E-state index contributed by atoms with van der Waals surface area (Å²) in [6.07, 6.45) is 0.944. The van der Waals surface area contributed by atoms with Crippen molar-refractivity contribution in [2.45, 2.75) is 26.3 Å². The highest BCUT2D eigenvalue weighted by molar-refractivity contribution is 6.33. The number of carbonyl (C=O) groups is 2. The van der Waals surface area contributed by atoms with Gasteiger partial charge in [-0.1, -0.05) is 18.5 Å². The molecule has 0 spiro atoms. The molecule has 110 valence electrons. The number of nitrogens with zero attached hydrogens (tertiary/aromatic N) is 1. The lowest BCUT2D eigenvalue weighted by Gasteiger charge is -2.13. The minimum Gasteiger partial charge on any atom is -0.370 e. The van der Waals surface area contributed by atoms with E-state index in [0.717, 1.165) is 13.0 Å². The van der Waals surface area contributed by atoms with Gasteiger partial charge in [0, 0.05) is 13.6 Å². The minimum atomic E-state index is -0.655. The van der Waals surface area contributed by atoms with E-state index in [-0.39, 0.29) is 16.6 Å². The molecule has 6 nitrogen and oxygen atoms in total. The summed E-state index contributed by atoms with van der Waals surface area (Å²) < 4.78 is 0. The molecule has 1 heterocycles. The van der Waals surface area contributed by atoms with Gasteiger partial charge in [0.15, 0.2) is 0 Å². The predicted octanol–water partition coefficient (Wildman–Crippen LogP) is 1.42. The van der Waals surface area contributed by atoms with Gasteiger partial charge in [0.2, 0.25) is 5.91 Å². The van der Waals surface area contributed by atoms with Crippen LogP contribution in [0.25, 0.3) is 0 Å². The first-order chi connectivity index (χ1) is 9.49. The van der Waals surface area contributed by atoms with Crippen molar-refractivity contribution in [2.24, 2.45) is 0 Å². The first-order valence-electron chi connectivity index (χ1n) is 6.42. The Morgan fingerprint density at radius 2 is 2.10 bits per heavy atom. The molecular weight excluding hydrogens is 280 g/mol. The average Bonchev–Trinajstić information content (AvgIpc) is 2.45. The number of nitrogens with one attached hydrogen (secondary N) is 3. The van der Waals surface area contributed by atoms with E-state index >= 15 is 0 Å². The van der Waals surface area contributed by atoms with Crippen LogP contribution in [-0.2, 0) is 4.79 Å². The van der Waals surface area contributed by atoms with E-state index in [0.29, 0.717) is 5.82 Å². The highest BCUT2D eigenvalue weighted by atomic mass is 35.5. The zero-order valence-electron chi connectivity index (χ0n) is 11.8. The molecule has 1 unspecified atom stereocenters. The molecule has 20 heavy (non-hydrogen) atoms. The predicted molar refractivity (Wildman–Crippen MR) is 79.0 cm³/mol. The maximum absolute atomic E-state index is 12.1. The topological polar surface area (TPSA) is 83.1 Å². The van der Waals surface area contributed by atoms with Gasteiger partial charge in [-0.15, -0.1) is 0 Å². The Morgan fingerprint density at radius 3 is 2.70 bits per heavy atom. The summed E-state index contributed by atoms with van der Waals surface area (Å²) >= 11 is 5.97. The van der Waals surface area contributed by atoms with Gasteiger partial charge in [0.1, 0.15) is 17.6 Å². The molecule has 0 aliphatic carbocycles. The second kappa shape index (κ2) is 7.69. The van der Waals surface area contributed by atoms with Crippen molar-refractivity contribution in [3.63, 3.8) is 0 Å². The third kappa shape index (κ3) is 4.38. The molecular formula is C13H19ClN4O2. The molecule has 2 amide bonds. The SMILES string of the molecule is CCCNc1ccc(Cl)c(C(=O)NC(C)C(=O)NC)n1. The van der Waals surface area contributed by atoms with Crippen molar-refractivity contribution in [2.75, 3.05) is 18.9 Å². The van der Waals surface area contributed by atoms with Crippen molar-refractivity contribution in [1.82, 2.24) is 15.6 Å². The van der Waals surface area contributed by atoms with Gasteiger partial charge in [-0.05, 0) is 25.5 Å². The van der Waals surface area contributed by atoms with Gasteiger partial charge in [-0.25, -0.2) is 4.98 Å². The number of likely N-dealkylation sites (N-methyl/N-ethyl adjacent to an activating group) is 1. The van der Waals surface area contributed by atoms with Crippen molar-refractivity contribution >= 4 is 29.2 Å². The number of amides is 2. The quantitative estimate of drug-likeness (QED) is 0.742. The minimum absolute atomic E-state index is 0.100. The van der Waals surface area contributed by atoms with Crippen molar-refractivity contribution in [1.29, 1.82) is 0 Å². The molecule has 0 fully saturated rings. The Bertz CT molecular complexity index is 493. The summed E-state index contributed by atoms with van der Waals surface area (Å²) in [5, 5.41) is 8.32. The van der Waals surface area contributed by atoms with E-state index in [4.69, 9.17) is 11.6 Å². The molecule has 0 bridgehead atoms. The Morgan fingerprint density at radius 1 is 1.40 bits per heavy atom. The fourth-order valence-corrected chi connectivity index (χ4v) is 1.69. The Labute approximate surface area is 123 Å². The van der Waals surface area contributed by atoms with Crippen LogP contribution in [0.5, 0.6) is 0 Å². The lowest BCUT2D eigenvalue weighted by atomic mass is 10.2. The van der Waals surface area contributed by atoms with Crippen LogP contribution in [0.15, 0.2) is 12.1 Å². The lowest BCUT2D eigenvalue weighted by molar-refractivity contribution is -0.122. The Balaban J connectivity index is 2.83. The molecule has 0 aromatic carbocycles. The summed E-state index contributed by atoms with van der Waals surface area (Å²) in [6.45, 7) is 4.37. The number of carbonyl (C=O) groups excluding carboxylic acids is 2. The van der Waals surface area contributed by atoms with Crippen LogP contribution in [0.3, 0.4) is 0 Å². The molecule has 1 atom stereocenters. The summed E-state index contributed by atoms with van der Waals surface area (Å²) in [7, 11) is 1.51. The van der Waals surface area contributed by atoms with Gasteiger partial charge < -0.3 is 16.0 Å². The largest absolute Gasteiger partial charge is 0.370 e. The standard InChI is InChI=1S/C13H19ClN4O2/c1-4-7-16-10-6-5-9(14)11(18-10)13(20)17-8(2)12(19)15-3/h5-6,8H,4,7H2,1-3H3,(H,15,19)(H,16,18)(H,17,20). The molecule has 1 aromatic rings. The van der Waals surface area contributed by atoms with Crippen LogP contribution < -0.4 is 16.0 Å². The average molecular weight is 299 g/mol. The molecule has 1 rings (SSSR count). The number of hydrogen-bond donors (Lipinski definition) is 3. The number of halogens is 1. The second-order valence-corrected chi connectivity index (χ2v) is 4.67. The third-order valence-corrected chi connectivity index (χ3v) is 2.91. The molecule has 3 N–H and O–H groups in total. The normalized spacial score (nSPS) is 11.6. The monoisotopic (exact) mass is 298 g/mol. The van der Waals surface area contributed by atoms with Gasteiger partial charge in [-0.2, -0.15) is 0 Å². The van der Waals surface area contributed by atoms with Crippen molar-refractivity contribution in [3.05, 3.63) is 22.8 Å². The second-order valence-electron chi connectivity index (χ2n) is 4.26. The van der Waals surface area contributed by atoms with Gasteiger partial charge in [0.05, 0.1) is 5.02 Å². The van der Waals surface area contributed by atoms with Crippen LogP contribution in [0.1, 0.15) is 30.8 Å². The fraction of sp³-hybridized carbons (Fsp3) is 0.462. The third-order valence-electron chi connectivity index (χ3n) is 2.60. The van der Waals surface area contributed by atoms with Crippen LogP contribution in [-0.4, -0.2) is 36.4 Å². The molecule has 1 aromatic heterocycles. The van der Waals surface area contributed by atoms with Crippen LogP contribution in [0, 0.1) is 0 Å². The zero-order chi connectivity index (χ0) is 15.1. The number of anilines is 1.